The zero-order valence-electron chi connectivity index (χ0n) is 18.5. The lowest BCUT2D eigenvalue weighted by Crippen LogP contribution is -2.49. The first-order valence-corrected chi connectivity index (χ1v) is 11.3. The third-order valence-corrected chi connectivity index (χ3v) is 5.83. The first-order valence-electron chi connectivity index (χ1n) is 10.9. The molecule has 166 valence electrons. The number of amides is 1. The molecule has 0 spiro atoms. The van der Waals surface area contributed by atoms with Crippen molar-refractivity contribution < 1.29 is 4.79 Å². The van der Waals surface area contributed by atoms with Crippen LogP contribution in [-0.4, -0.2) is 47.0 Å². The monoisotopic (exact) mass is 449 g/mol. The SMILES string of the molecule is Cc1ccc(Nc2cc(C)nc(N3CCN(C(=O)CCc4cccc(Cl)c4)CC3)n2)cc1. The molecule has 1 saturated heterocycles. The molecule has 0 unspecified atom stereocenters. The number of anilines is 3. The van der Waals surface area contributed by atoms with Crippen molar-refractivity contribution in [3.05, 3.63) is 76.4 Å². The molecular weight excluding hydrogens is 422 g/mol. The number of hydrogen-bond acceptors (Lipinski definition) is 5. The Labute approximate surface area is 194 Å². The van der Waals surface area contributed by atoms with E-state index in [9.17, 15) is 4.79 Å². The molecule has 3 aromatic rings. The van der Waals surface area contributed by atoms with Crippen molar-refractivity contribution in [3.8, 4) is 0 Å². The van der Waals surface area contributed by atoms with Crippen LogP contribution in [0.1, 0.15) is 23.2 Å². The van der Waals surface area contributed by atoms with Crippen LogP contribution >= 0.6 is 11.6 Å². The minimum absolute atomic E-state index is 0.177. The highest BCUT2D eigenvalue weighted by atomic mass is 35.5. The number of aryl methyl sites for hydroxylation is 3. The first kappa shape index (κ1) is 22.1. The number of benzene rings is 2. The average molecular weight is 450 g/mol. The molecule has 7 heteroatoms. The van der Waals surface area contributed by atoms with Gasteiger partial charge in [-0.2, -0.15) is 4.98 Å². The van der Waals surface area contributed by atoms with Gasteiger partial charge in [0.25, 0.3) is 0 Å². The van der Waals surface area contributed by atoms with E-state index in [-0.39, 0.29) is 5.91 Å². The Morgan fingerprint density at radius 3 is 2.47 bits per heavy atom. The second-order valence-electron chi connectivity index (χ2n) is 8.18. The molecule has 0 radical (unpaired) electrons. The van der Waals surface area contributed by atoms with Gasteiger partial charge in [0.15, 0.2) is 0 Å². The number of halogens is 1. The molecule has 4 rings (SSSR count). The van der Waals surface area contributed by atoms with Gasteiger partial charge in [-0.1, -0.05) is 41.4 Å². The Kier molecular flexibility index (Phi) is 6.90. The molecule has 1 aliphatic heterocycles. The number of nitrogens with zero attached hydrogens (tertiary/aromatic N) is 4. The number of piperazine rings is 1. The summed E-state index contributed by atoms with van der Waals surface area (Å²) in [6.45, 7) is 6.82. The van der Waals surface area contributed by atoms with Crippen molar-refractivity contribution in [2.24, 2.45) is 0 Å². The lowest BCUT2D eigenvalue weighted by atomic mass is 10.1. The molecule has 0 aliphatic carbocycles. The van der Waals surface area contributed by atoms with Gasteiger partial charge in [0.2, 0.25) is 11.9 Å². The minimum atomic E-state index is 0.177. The summed E-state index contributed by atoms with van der Waals surface area (Å²) in [7, 11) is 0. The maximum Gasteiger partial charge on any atom is 0.227 e. The number of aromatic nitrogens is 2. The van der Waals surface area contributed by atoms with Crippen LogP contribution in [0.4, 0.5) is 17.5 Å². The van der Waals surface area contributed by atoms with Crippen LogP contribution < -0.4 is 10.2 Å². The highest BCUT2D eigenvalue weighted by molar-refractivity contribution is 6.30. The second kappa shape index (κ2) is 10.0. The van der Waals surface area contributed by atoms with Crippen LogP contribution in [0.5, 0.6) is 0 Å². The highest BCUT2D eigenvalue weighted by Gasteiger charge is 2.23. The molecule has 1 amide bonds. The zero-order valence-corrected chi connectivity index (χ0v) is 19.3. The Morgan fingerprint density at radius 2 is 1.75 bits per heavy atom. The molecule has 1 aromatic heterocycles. The molecule has 2 aromatic carbocycles. The summed E-state index contributed by atoms with van der Waals surface area (Å²) < 4.78 is 0. The summed E-state index contributed by atoms with van der Waals surface area (Å²) in [5, 5.41) is 4.07. The topological polar surface area (TPSA) is 61.4 Å². The summed E-state index contributed by atoms with van der Waals surface area (Å²) in [4.78, 5) is 26.1. The minimum Gasteiger partial charge on any atom is -0.340 e. The van der Waals surface area contributed by atoms with E-state index in [2.05, 4.69) is 34.3 Å². The van der Waals surface area contributed by atoms with Gasteiger partial charge < -0.3 is 15.1 Å². The lowest BCUT2D eigenvalue weighted by Gasteiger charge is -2.35. The summed E-state index contributed by atoms with van der Waals surface area (Å²) in [6.07, 6.45) is 1.19. The van der Waals surface area contributed by atoms with Crippen molar-refractivity contribution >= 4 is 35.0 Å². The van der Waals surface area contributed by atoms with Crippen LogP contribution in [0.25, 0.3) is 0 Å². The largest absolute Gasteiger partial charge is 0.340 e. The molecule has 2 heterocycles. The predicted octanol–water partition coefficient (Wildman–Crippen LogP) is 4.77. The Balaban J connectivity index is 1.33. The summed E-state index contributed by atoms with van der Waals surface area (Å²) in [6, 6.07) is 17.9. The predicted molar refractivity (Wildman–Crippen MR) is 130 cm³/mol. The van der Waals surface area contributed by atoms with Crippen molar-refractivity contribution in [1.82, 2.24) is 14.9 Å². The number of carbonyl (C=O) groups excluding carboxylic acids is 1. The van der Waals surface area contributed by atoms with Crippen molar-refractivity contribution in [2.75, 3.05) is 36.4 Å². The summed E-state index contributed by atoms with van der Waals surface area (Å²) in [5.41, 5.74) is 4.21. The molecule has 1 N–H and O–H groups in total. The van der Waals surface area contributed by atoms with Gasteiger partial charge >= 0.3 is 0 Å². The molecule has 1 aliphatic rings. The van der Waals surface area contributed by atoms with E-state index >= 15 is 0 Å². The number of nitrogens with one attached hydrogen (secondary N) is 1. The second-order valence-corrected chi connectivity index (χ2v) is 8.62. The van der Waals surface area contributed by atoms with E-state index in [0.717, 1.165) is 35.9 Å². The molecule has 6 nitrogen and oxygen atoms in total. The van der Waals surface area contributed by atoms with Crippen molar-refractivity contribution in [2.45, 2.75) is 26.7 Å². The third-order valence-electron chi connectivity index (χ3n) is 5.60. The van der Waals surface area contributed by atoms with Crippen LogP contribution in [0, 0.1) is 13.8 Å². The Bertz CT molecular complexity index is 1080. The van der Waals surface area contributed by atoms with Gasteiger partial charge in [0.1, 0.15) is 5.82 Å². The average Bonchev–Trinajstić information content (AvgIpc) is 2.79. The summed E-state index contributed by atoms with van der Waals surface area (Å²) >= 11 is 6.04. The fourth-order valence-corrected chi connectivity index (χ4v) is 4.01. The highest BCUT2D eigenvalue weighted by Crippen LogP contribution is 2.20. The first-order chi connectivity index (χ1) is 15.5. The normalized spacial score (nSPS) is 13.8. The maximum absolute atomic E-state index is 12.7. The number of hydrogen-bond donors (Lipinski definition) is 1. The van der Waals surface area contributed by atoms with Crippen LogP contribution in [0.15, 0.2) is 54.6 Å². The fraction of sp³-hybridized carbons (Fsp3) is 0.320. The third kappa shape index (κ3) is 5.77. The van der Waals surface area contributed by atoms with Crippen molar-refractivity contribution in [1.29, 1.82) is 0 Å². The van der Waals surface area contributed by atoms with Crippen molar-refractivity contribution in [3.63, 3.8) is 0 Å². The van der Waals surface area contributed by atoms with Gasteiger partial charge in [-0.15, -0.1) is 0 Å². The molecule has 0 saturated carbocycles. The fourth-order valence-electron chi connectivity index (χ4n) is 3.80. The smallest absolute Gasteiger partial charge is 0.227 e. The quantitative estimate of drug-likeness (QED) is 0.587. The van der Waals surface area contributed by atoms with E-state index < -0.39 is 0 Å². The maximum atomic E-state index is 12.7. The van der Waals surface area contributed by atoms with Gasteiger partial charge in [0.05, 0.1) is 0 Å². The summed E-state index contributed by atoms with van der Waals surface area (Å²) in [5.74, 6) is 1.65. The van der Waals surface area contributed by atoms with E-state index in [0.29, 0.717) is 36.9 Å². The molecule has 0 bridgehead atoms. The molecule has 32 heavy (non-hydrogen) atoms. The zero-order chi connectivity index (χ0) is 22.5. The Morgan fingerprint density at radius 1 is 1.00 bits per heavy atom. The number of carbonyl (C=O) groups is 1. The van der Waals surface area contributed by atoms with E-state index in [1.807, 2.05) is 54.3 Å². The van der Waals surface area contributed by atoms with E-state index in [1.54, 1.807) is 0 Å². The standard InChI is InChI=1S/C25H28ClN5O/c1-18-6-9-22(10-7-18)28-23-16-19(2)27-25(29-23)31-14-12-30(13-15-31)24(32)11-8-20-4-3-5-21(26)17-20/h3-7,9-10,16-17H,8,11-15H2,1-2H3,(H,27,28,29). The van der Waals surface area contributed by atoms with Gasteiger partial charge in [0, 0.05) is 55.1 Å². The number of rotatable bonds is 6. The molecule has 1 fully saturated rings. The molecular formula is C25H28ClN5O. The van der Waals surface area contributed by atoms with Gasteiger partial charge in [-0.25, -0.2) is 4.98 Å². The van der Waals surface area contributed by atoms with Gasteiger partial charge in [-0.05, 0) is 50.1 Å². The van der Waals surface area contributed by atoms with Gasteiger partial charge in [-0.3, -0.25) is 4.79 Å². The van der Waals surface area contributed by atoms with Crippen LogP contribution in [0.3, 0.4) is 0 Å². The molecule has 0 atom stereocenters. The van der Waals surface area contributed by atoms with Crippen LogP contribution in [0.2, 0.25) is 5.02 Å². The van der Waals surface area contributed by atoms with E-state index in [4.69, 9.17) is 16.6 Å². The lowest BCUT2D eigenvalue weighted by molar-refractivity contribution is -0.131. The Hall–Kier alpha value is -3.12. The van der Waals surface area contributed by atoms with Crippen LogP contribution in [-0.2, 0) is 11.2 Å². The van der Waals surface area contributed by atoms with E-state index in [1.165, 1.54) is 5.56 Å².